The van der Waals surface area contributed by atoms with Crippen LogP contribution in [0.15, 0.2) is 23.0 Å². The first kappa shape index (κ1) is 22.3. The molecular weight excluding hydrogens is 397 g/mol. The van der Waals surface area contributed by atoms with Crippen LogP contribution in [0.3, 0.4) is 0 Å². The third-order valence-corrected chi connectivity index (χ3v) is 10.0. The molecule has 0 aromatic rings. The standard InChI is InChI=1S/C24H38NO4P/c1-22(2,3)21(26)25-19-14-24(5)15(13-20(19)30(27,28)29)8-9-16-17-7-6-11-23(17,4)12-10-18(16)24/h8,13,16-19H,6-7,9-12,14H2,1-5H3,(H,25,26)(H2,27,28,29)/t16?,17?,18?,19?,23-,24-/m0/s1. The van der Waals surface area contributed by atoms with E-state index in [1.54, 1.807) is 6.08 Å². The fraction of sp³-hybridized carbons (Fsp3) is 0.792. The zero-order chi connectivity index (χ0) is 22.1. The molecular formula is C24H38NO4P. The maximum Gasteiger partial charge on any atom is 0.354 e. The first-order chi connectivity index (χ1) is 13.8. The van der Waals surface area contributed by atoms with Gasteiger partial charge in [-0.15, -0.1) is 0 Å². The highest BCUT2D eigenvalue weighted by Crippen LogP contribution is 2.66. The molecule has 6 atom stereocenters. The molecule has 0 radical (unpaired) electrons. The minimum atomic E-state index is -4.46. The molecule has 0 aliphatic heterocycles. The van der Waals surface area contributed by atoms with Crippen LogP contribution in [0.25, 0.3) is 0 Å². The molecule has 4 unspecified atom stereocenters. The van der Waals surface area contributed by atoms with Crippen molar-refractivity contribution < 1.29 is 19.1 Å². The van der Waals surface area contributed by atoms with E-state index in [0.29, 0.717) is 23.7 Å². The van der Waals surface area contributed by atoms with Gasteiger partial charge in [-0.1, -0.05) is 47.1 Å². The van der Waals surface area contributed by atoms with Crippen molar-refractivity contribution in [2.45, 2.75) is 85.6 Å². The Balaban J connectivity index is 1.72. The summed E-state index contributed by atoms with van der Waals surface area (Å²) in [4.78, 5) is 32.9. The maximum absolute atomic E-state index is 12.7. The second kappa shape index (κ2) is 7.05. The Morgan fingerprint density at radius 1 is 1.17 bits per heavy atom. The summed E-state index contributed by atoms with van der Waals surface area (Å²) in [5.41, 5.74) is 0.777. The van der Waals surface area contributed by atoms with Gasteiger partial charge in [0.25, 0.3) is 0 Å². The van der Waals surface area contributed by atoms with Gasteiger partial charge in [-0.2, -0.15) is 0 Å². The highest BCUT2D eigenvalue weighted by Gasteiger charge is 2.57. The van der Waals surface area contributed by atoms with E-state index >= 15 is 0 Å². The van der Waals surface area contributed by atoms with Crippen molar-refractivity contribution in [3.63, 3.8) is 0 Å². The Morgan fingerprint density at radius 3 is 2.50 bits per heavy atom. The molecule has 5 nitrogen and oxygen atoms in total. The highest BCUT2D eigenvalue weighted by atomic mass is 31.2. The topological polar surface area (TPSA) is 86.6 Å². The number of rotatable bonds is 2. The lowest BCUT2D eigenvalue weighted by atomic mass is 9.48. The summed E-state index contributed by atoms with van der Waals surface area (Å²) < 4.78 is 12.3. The predicted molar refractivity (Wildman–Crippen MR) is 119 cm³/mol. The number of nitrogens with one attached hydrogen (secondary N) is 1. The van der Waals surface area contributed by atoms with Gasteiger partial charge in [0.05, 0.1) is 11.4 Å². The van der Waals surface area contributed by atoms with Crippen LogP contribution in [0.4, 0.5) is 0 Å². The van der Waals surface area contributed by atoms with E-state index < -0.39 is 19.1 Å². The second-order valence-electron chi connectivity index (χ2n) is 11.9. The second-order valence-corrected chi connectivity index (χ2v) is 13.5. The Morgan fingerprint density at radius 2 is 1.87 bits per heavy atom. The van der Waals surface area contributed by atoms with Gasteiger partial charge in [-0.3, -0.25) is 9.36 Å². The van der Waals surface area contributed by atoms with Gasteiger partial charge in [0, 0.05) is 5.41 Å². The summed E-state index contributed by atoms with van der Waals surface area (Å²) in [7, 11) is -4.46. The van der Waals surface area contributed by atoms with Crippen molar-refractivity contribution in [1.29, 1.82) is 0 Å². The number of carbonyl (C=O) groups excluding carboxylic acids is 1. The normalized spacial score (nSPS) is 41.2. The maximum atomic E-state index is 12.7. The van der Waals surface area contributed by atoms with Crippen molar-refractivity contribution in [3.05, 3.63) is 23.0 Å². The van der Waals surface area contributed by atoms with E-state index in [-0.39, 0.29) is 16.6 Å². The molecule has 0 heterocycles. The summed E-state index contributed by atoms with van der Waals surface area (Å²) in [6.07, 6.45) is 12.0. The molecule has 1 amide bonds. The van der Waals surface area contributed by atoms with Gasteiger partial charge in [0.2, 0.25) is 5.91 Å². The predicted octanol–water partition coefficient (Wildman–Crippen LogP) is 5.15. The zero-order valence-corrected chi connectivity index (χ0v) is 20.0. The molecule has 0 aromatic carbocycles. The first-order valence-electron chi connectivity index (χ1n) is 11.5. The molecule has 0 bridgehead atoms. The fourth-order valence-electron chi connectivity index (χ4n) is 7.18. The smallest absolute Gasteiger partial charge is 0.348 e. The van der Waals surface area contributed by atoms with Gasteiger partial charge in [-0.05, 0) is 78.8 Å². The van der Waals surface area contributed by atoms with Crippen molar-refractivity contribution >= 4 is 13.5 Å². The van der Waals surface area contributed by atoms with E-state index in [0.717, 1.165) is 17.9 Å². The molecule has 30 heavy (non-hydrogen) atoms. The SMILES string of the molecule is CC(C)(C)C(=O)NC1C[C@@]2(C)C(=CCC3C4CCC[C@@]4(C)CCC32)C=C1P(=O)(O)O. The van der Waals surface area contributed by atoms with Gasteiger partial charge in [0.15, 0.2) is 0 Å². The van der Waals surface area contributed by atoms with Crippen molar-refractivity contribution in [3.8, 4) is 0 Å². The number of hydrogen-bond acceptors (Lipinski definition) is 2. The minimum Gasteiger partial charge on any atom is -0.348 e. The molecule has 6 heteroatoms. The third-order valence-electron chi connectivity index (χ3n) is 8.92. The van der Waals surface area contributed by atoms with Crippen LogP contribution in [0, 0.1) is 34.0 Å². The van der Waals surface area contributed by atoms with Crippen LogP contribution in [0.2, 0.25) is 0 Å². The van der Waals surface area contributed by atoms with E-state index in [4.69, 9.17) is 0 Å². The first-order valence-corrected chi connectivity index (χ1v) is 13.2. The van der Waals surface area contributed by atoms with Gasteiger partial charge in [-0.25, -0.2) is 0 Å². The van der Waals surface area contributed by atoms with Gasteiger partial charge >= 0.3 is 7.60 Å². The van der Waals surface area contributed by atoms with Crippen LogP contribution in [0.1, 0.15) is 79.6 Å². The Kier molecular flexibility index (Phi) is 5.24. The van der Waals surface area contributed by atoms with E-state index in [9.17, 15) is 19.1 Å². The summed E-state index contributed by atoms with van der Waals surface area (Å²) in [6, 6.07) is -0.615. The Bertz CT molecular complexity index is 850. The van der Waals surface area contributed by atoms with E-state index in [1.807, 2.05) is 20.8 Å². The number of carbonyl (C=O) groups is 1. The van der Waals surface area contributed by atoms with Crippen molar-refractivity contribution in [1.82, 2.24) is 5.32 Å². The molecule has 0 saturated heterocycles. The molecule has 0 spiro atoms. The lowest BCUT2D eigenvalue weighted by Crippen LogP contribution is -2.52. The van der Waals surface area contributed by atoms with Crippen LogP contribution < -0.4 is 5.32 Å². The largest absolute Gasteiger partial charge is 0.354 e. The van der Waals surface area contributed by atoms with Crippen molar-refractivity contribution in [2.24, 2.45) is 34.0 Å². The van der Waals surface area contributed by atoms with Crippen LogP contribution in [-0.4, -0.2) is 21.7 Å². The molecule has 4 rings (SSSR count). The molecule has 168 valence electrons. The lowest BCUT2D eigenvalue weighted by molar-refractivity contribution is -0.129. The number of allylic oxidation sites excluding steroid dienone is 3. The Hall–Kier alpha value is -0.900. The molecule has 4 aliphatic rings. The molecule has 4 aliphatic carbocycles. The lowest BCUT2D eigenvalue weighted by Gasteiger charge is -2.57. The van der Waals surface area contributed by atoms with E-state index in [2.05, 4.69) is 25.2 Å². The summed E-state index contributed by atoms with van der Waals surface area (Å²) in [6.45, 7) is 10.2. The number of amides is 1. The average molecular weight is 436 g/mol. The molecule has 3 N–H and O–H groups in total. The van der Waals surface area contributed by atoms with Gasteiger partial charge in [0.1, 0.15) is 0 Å². The highest BCUT2D eigenvalue weighted by molar-refractivity contribution is 7.56. The molecule has 2 saturated carbocycles. The van der Waals surface area contributed by atoms with Crippen molar-refractivity contribution in [2.75, 3.05) is 0 Å². The molecule has 2 fully saturated rings. The van der Waals surface area contributed by atoms with E-state index in [1.165, 1.54) is 32.1 Å². The summed E-state index contributed by atoms with van der Waals surface area (Å²) in [5, 5.41) is 3.07. The summed E-state index contributed by atoms with van der Waals surface area (Å²) in [5.74, 6) is 1.74. The van der Waals surface area contributed by atoms with Crippen LogP contribution in [-0.2, 0) is 9.36 Å². The minimum absolute atomic E-state index is 0.0730. The van der Waals surface area contributed by atoms with Crippen LogP contribution in [0.5, 0.6) is 0 Å². The Labute approximate surface area is 180 Å². The average Bonchev–Trinajstić information content (AvgIpc) is 3.00. The number of fused-ring (bicyclic) bond motifs is 5. The van der Waals surface area contributed by atoms with Gasteiger partial charge < -0.3 is 15.1 Å². The number of hydrogen-bond donors (Lipinski definition) is 3. The quantitative estimate of drug-likeness (QED) is 0.524. The summed E-state index contributed by atoms with van der Waals surface area (Å²) >= 11 is 0. The third kappa shape index (κ3) is 3.55. The zero-order valence-electron chi connectivity index (χ0n) is 19.1. The molecule has 0 aromatic heterocycles. The fourth-order valence-corrected chi connectivity index (χ4v) is 8.05. The van der Waals surface area contributed by atoms with Crippen LogP contribution >= 0.6 is 7.60 Å². The monoisotopic (exact) mass is 435 g/mol.